The molecule has 0 aliphatic heterocycles. The third-order valence-corrected chi connectivity index (χ3v) is 5.75. The molecule has 1 unspecified atom stereocenters. The maximum Gasteiger partial charge on any atom is 0.257 e. The summed E-state index contributed by atoms with van der Waals surface area (Å²) in [6.45, 7) is 3.16. The Morgan fingerprint density at radius 3 is 2.38 bits per heavy atom. The van der Waals surface area contributed by atoms with Crippen LogP contribution < -0.4 is 5.32 Å². The van der Waals surface area contributed by atoms with Crippen LogP contribution in [0.1, 0.15) is 88.9 Å². The van der Waals surface area contributed by atoms with Gasteiger partial charge >= 0.3 is 0 Å². The second-order valence-corrected chi connectivity index (χ2v) is 8.28. The van der Waals surface area contributed by atoms with E-state index in [0.717, 1.165) is 30.8 Å². The van der Waals surface area contributed by atoms with Crippen LogP contribution in [-0.2, 0) is 13.0 Å². The van der Waals surface area contributed by atoms with Crippen molar-refractivity contribution in [1.82, 2.24) is 15.5 Å². The maximum absolute atomic E-state index is 5.48. The molecule has 1 atom stereocenters. The van der Waals surface area contributed by atoms with Crippen LogP contribution in [-0.4, -0.2) is 16.2 Å². The molecule has 0 bridgehead atoms. The van der Waals surface area contributed by atoms with Crippen molar-refractivity contribution >= 4 is 0 Å². The van der Waals surface area contributed by atoms with Crippen molar-refractivity contribution in [3.05, 3.63) is 47.8 Å². The van der Waals surface area contributed by atoms with E-state index in [9.17, 15) is 0 Å². The standard InChI is InChI=1S/C25H37N3O/c1-2-3-4-5-6-7-8-9-10-15-24-27-25(29-28-24)22-18-16-21(17-19-22)20-26-23-13-11-12-14-23/h11,13,16-19,23,26H,2-10,12,14-15,20H2,1H3. The van der Waals surface area contributed by atoms with Gasteiger partial charge in [0.05, 0.1) is 0 Å². The number of nitrogens with zero attached hydrogens (tertiary/aromatic N) is 2. The number of aryl methyl sites for hydroxylation is 1. The minimum Gasteiger partial charge on any atom is -0.334 e. The summed E-state index contributed by atoms with van der Waals surface area (Å²) in [6, 6.07) is 8.97. The molecular weight excluding hydrogens is 358 g/mol. The Labute approximate surface area is 176 Å². The van der Waals surface area contributed by atoms with E-state index in [4.69, 9.17) is 4.52 Å². The number of benzene rings is 1. The Morgan fingerprint density at radius 2 is 1.69 bits per heavy atom. The topological polar surface area (TPSA) is 51.0 Å². The molecule has 1 aliphatic rings. The molecule has 0 saturated carbocycles. The molecular formula is C25H37N3O. The first-order valence-electron chi connectivity index (χ1n) is 11.7. The number of aromatic nitrogens is 2. The lowest BCUT2D eigenvalue weighted by Gasteiger charge is -2.10. The van der Waals surface area contributed by atoms with E-state index < -0.39 is 0 Å². The highest BCUT2D eigenvalue weighted by Crippen LogP contribution is 2.19. The summed E-state index contributed by atoms with van der Waals surface area (Å²) >= 11 is 0. The zero-order valence-corrected chi connectivity index (χ0v) is 18.0. The van der Waals surface area contributed by atoms with Crippen LogP contribution in [0.5, 0.6) is 0 Å². The largest absolute Gasteiger partial charge is 0.334 e. The van der Waals surface area contributed by atoms with Crippen LogP contribution in [0.3, 0.4) is 0 Å². The number of allylic oxidation sites excluding steroid dienone is 1. The molecule has 0 amide bonds. The summed E-state index contributed by atoms with van der Waals surface area (Å²) in [5.74, 6) is 1.47. The summed E-state index contributed by atoms with van der Waals surface area (Å²) in [7, 11) is 0. The highest BCUT2D eigenvalue weighted by molar-refractivity contribution is 5.53. The van der Waals surface area contributed by atoms with Gasteiger partial charge in [0, 0.05) is 24.6 Å². The van der Waals surface area contributed by atoms with E-state index in [1.807, 2.05) is 0 Å². The third kappa shape index (κ3) is 7.77. The molecule has 29 heavy (non-hydrogen) atoms. The van der Waals surface area contributed by atoms with Crippen molar-refractivity contribution in [1.29, 1.82) is 0 Å². The predicted octanol–water partition coefficient (Wildman–Crippen LogP) is 6.62. The van der Waals surface area contributed by atoms with Gasteiger partial charge in [-0.15, -0.1) is 0 Å². The molecule has 1 aliphatic carbocycles. The Bertz CT molecular complexity index is 720. The third-order valence-electron chi connectivity index (χ3n) is 5.75. The van der Waals surface area contributed by atoms with Gasteiger partial charge in [-0.2, -0.15) is 4.98 Å². The minimum atomic E-state index is 0.522. The summed E-state index contributed by atoms with van der Waals surface area (Å²) in [6.07, 6.45) is 19.8. The molecule has 2 aromatic rings. The molecule has 3 rings (SSSR count). The quantitative estimate of drug-likeness (QED) is 0.288. The second kappa shape index (κ2) is 12.6. The molecule has 4 heteroatoms. The molecule has 1 N–H and O–H groups in total. The summed E-state index contributed by atoms with van der Waals surface area (Å²) < 4.78 is 5.48. The van der Waals surface area contributed by atoms with Gasteiger partial charge in [0.25, 0.3) is 5.89 Å². The summed E-state index contributed by atoms with van der Waals surface area (Å²) in [4.78, 5) is 4.58. The molecule has 1 heterocycles. The molecule has 1 aromatic heterocycles. The summed E-state index contributed by atoms with van der Waals surface area (Å²) in [5.41, 5.74) is 2.28. The average Bonchev–Trinajstić information content (AvgIpc) is 3.44. The van der Waals surface area contributed by atoms with Crippen LogP contribution in [0.15, 0.2) is 40.9 Å². The zero-order valence-electron chi connectivity index (χ0n) is 18.0. The van der Waals surface area contributed by atoms with Crippen molar-refractivity contribution in [3.63, 3.8) is 0 Å². The lowest BCUT2D eigenvalue weighted by molar-refractivity contribution is 0.421. The van der Waals surface area contributed by atoms with Crippen LogP contribution >= 0.6 is 0 Å². The fourth-order valence-electron chi connectivity index (χ4n) is 3.88. The zero-order chi connectivity index (χ0) is 20.2. The van der Waals surface area contributed by atoms with Crippen molar-refractivity contribution in [2.45, 2.75) is 96.6 Å². The fourth-order valence-corrected chi connectivity index (χ4v) is 3.88. The highest BCUT2D eigenvalue weighted by atomic mass is 16.5. The SMILES string of the molecule is CCCCCCCCCCCc1noc(-c2ccc(CNC3C=CCC3)cc2)n1. The van der Waals surface area contributed by atoms with Gasteiger partial charge in [0.15, 0.2) is 5.82 Å². The van der Waals surface area contributed by atoms with Crippen LogP contribution in [0.25, 0.3) is 11.5 Å². The molecule has 0 saturated heterocycles. The van der Waals surface area contributed by atoms with Crippen molar-refractivity contribution < 1.29 is 4.52 Å². The molecule has 0 radical (unpaired) electrons. The van der Waals surface area contributed by atoms with Crippen molar-refractivity contribution in [2.24, 2.45) is 0 Å². The molecule has 0 fully saturated rings. The first kappa shape index (κ1) is 21.8. The van der Waals surface area contributed by atoms with Crippen LogP contribution in [0.4, 0.5) is 0 Å². The Kier molecular flexibility index (Phi) is 9.44. The van der Waals surface area contributed by atoms with E-state index in [2.05, 4.69) is 58.8 Å². The lowest BCUT2D eigenvalue weighted by Crippen LogP contribution is -2.24. The highest BCUT2D eigenvalue weighted by Gasteiger charge is 2.10. The number of hydrogen-bond acceptors (Lipinski definition) is 4. The van der Waals surface area contributed by atoms with Gasteiger partial charge in [-0.05, 0) is 37.0 Å². The molecule has 0 spiro atoms. The predicted molar refractivity (Wildman–Crippen MR) is 120 cm³/mol. The number of rotatable bonds is 14. The monoisotopic (exact) mass is 395 g/mol. The fraction of sp³-hybridized carbons (Fsp3) is 0.600. The van der Waals surface area contributed by atoms with Gasteiger partial charge in [-0.25, -0.2) is 0 Å². The molecule has 1 aromatic carbocycles. The lowest BCUT2D eigenvalue weighted by atomic mass is 10.1. The number of nitrogens with one attached hydrogen (secondary N) is 1. The van der Waals surface area contributed by atoms with Gasteiger partial charge in [0.2, 0.25) is 0 Å². The normalized spacial score (nSPS) is 16.0. The second-order valence-electron chi connectivity index (χ2n) is 8.28. The van der Waals surface area contributed by atoms with Crippen LogP contribution in [0, 0.1) is 0 Å². The average molecular weight is 396 g/mol. The maximum atomic E-state index is 5.48. The Morgan fingerprint density at radius 1 is 0.966 bits per heavy atom. The summed E-state index contributed by atoms with van der Waals surface area (Å²) in [5, 5.41) is 7.74. The Hall–Kier alpha value is -1.94. The van der Waals surface area contributed by atoms with E-state index in [0.29, 0.717) is 11.9 Å². The first-order valence-corrected chi connectivity index (χ1v) is 11.7. The van der Waals surface area contributed by atoms with E-state index in [1.165, 1.54) is 69.8 Å². The van der Waals surface area contributed by atoms with Gasteiger partial charge in [-0.1, -0.05) is 87.7 Å². The van der Waals surface area contributed by atoms with Crippen molar-refractivity contribution in [3.8, 4) is 11.5 Å². The molecule has 4 nitrogen and oxygen atoms in total. The molecule has 158 valence electrons. The van der Waals surface area contributed by atoms with Gasteiger partial charge in [-0.3, -0.25) is 0 Å². The van der Waals surface area contributed by atoms with E-state index in [1.54, 1.807) is 0 Å². The number of hydrogen-bond donors (Lipinski definition) is 1. The minimum absolute atomic E-state index is 0.522. The number of unbranched alkanes of at least 4 members (excludes halogenated alkanes) is 8. The van der Waals surface area contributed by atoms with Crippen LogP contribution in [0.2, 0.25) is 0 Å². The smallest absolute Gasteiger partial charge is 0.257 e. The van der Waals surface area contributed by atoms with Gasteiger partial charge < -0.3 is 9.84 Å². The first-order chi connectivity index (χ1) is 14.3. The van der Waals surface area contributed by atoms with Crippen molar-refractivity contribution in [2.75, 3.05) is 0 Å². The van der Waals surface area contributed by atoms with E-state index in [-0.39, 0.29) is 0 Å². The Balaban J connectivity index is 1.33. The van der Waals surface area contributed by atoms with Gasteiger partial charge in [0.1, 0.15) is 0 Å². The van der Waals surface area contributed by atoms with E-state index >= 15 is 0 Å².